The van der Waals surface area contributed by atoms with E-state index in [-0.39, 0.29) is 42.3 Å². The fourth-order valence-corrected chi connectivity index (χ4v) is 5.23. The molecule has 8 nitrogen and oxygen atoms in total. The van der Waals surface area contributed by atoms with Crippen LogP contribution in [0.5, 0.6) is 0 Å². The molecule has 33 heavy (non-hydrogen) atoms. The van der Waals surface area contributed by atoms with Crippen molar-refractivity contribution in [3.8, 4) is 0 Å². The molecule has 1 saturated heterocycles. The predicted octanol–water partition coefficient (Wildman–Crippen LogP) is 1.77. The van der Waals surface area contributed by atoms with Crippen LogP contribution in [0.2, 0.25) is 0 Å². The van der Waals surface area contributed by atoms with Crippen LogP contribution in [0.15, 0.2) is 41.3 Å². The van der Waals surface area contributed by atoms with Crippen LogP contribution in [0.3, 0.4) is 0 Å². The highest BCUT2D eigenvalue weighted by Crippen LogP contribution is 2.24. The lowest BCUT2D eigenvalue weighted by molar-refractivity contribution is -0.122. The SMILES string of the molecule is CCc1ccc(C(=O)NC(C(=O)NC)c2ccc(F)c(F)c2)cc1S(=O)(=O)N1CCOCC1. The number of morpholine rings is 1. The highest BCUT2D eigenvalue weighted by atomic mass is 32.2. The van der Waals surface area contributed by atoms with Crippen molar-refractivity contribution in [2.24, 2.45) is 0 Å². The number of nitrogens with zero attached hydrogens (tertiary/aromatic N) is 1. The second-order valence-electron chi connectivity index (χ2n) is 7.39. The van der Waals surface area contributed by atoms with Crippen molar-refractivity contribution in [1.29, 1.82) is 0 Å². The van der Waals surface area contributed by atoms with Gasteiger partial charge in [-0.05, 0) is 41.8 Å². The molecular weight excluding hydrogens is 456 g/mol. The van der Waals surface area contributed by atoms with Gasteiger partial charge in [-0.2, -0.15) is 4.31 Å². The first-order chi connectivity index (χ1) is 15.7. The third-order valence-electron chi connectivity index (χ3n) is 5.36. The predicted molar refractivity (Wildman–Crippen MR) is 116 cm³/mol. The molecule has 0 saturated carbocycles. The molecule has 2 aromatic carbocycles. The van der Waals surface area contributed by atoms with Crippen LogP contribution in [0, 0.1) is 11.6 Å². The Hall–Kier alpha value is -2.89. The fourth-order valence-electron chi connectivity index (χ4n) is 3.51. The number of benzene rings is 2. The summed E-state index contributed by atoms with van der Waals surface area (Å²) in [5.41, 5.74) is 0.588. The van der Waals surface area contributed by atoms with E-state index in [1.807, 2.05) is 0 Å². The molecule has 2 aromatic rings. The molecule has 1 atom stereocenters. The van der Waals surface area contributed by atoms with Gasteiger partial charge in [-0.25, -0.2) is 17.2 Å². The number of halogens is 2. The maximum Gasteiger partial charge on any atom is 0.252 e. The smallest absolute Gasteiger partial charge is 0.252 e. The van der Waals surface area contributed by atoms with Crippen molar-refractivity contribution in [2.75, 3.05) is 33.4 Å². The number of rotatable bonds is 7. The van der Waals surface area contributed by atoms with Gasteiger partial charge in [0.1, 0.15) is 6.04 Å². The molecule has 1 aliphatic rings. The Bertz CT molecular complexity index is 1150. The minimum absolute atomic E-state index is 0.00358. The van der Waals surface area contributed by atoms with Gasteiger partial charge in [0.2, 0.25) is 15.9 Å². The van der Waals surface area contributed by atoms with Crippen molar-refractivity contribution in [3.63, 3.8) is 0 Å². The Morgan fingerprint density at radius 1 is 1.09 bits per heavy atom. The molecule has 0 bridgehead atoms. The molecule has 3 rings (SSSR count). The molecule has 0 spiro atoms. The topological polar surface area (TPSA) is 105 Å². The zero-order valence-electron chi connectivity index (χ0n) is 18.2. The van der Waals surface area contributed by atoms with Gasteiger partial charge in [-0.15, -0.1) is 0 Å². The lowest BCUT2D eigenvalue weighted by atomic mass is 10.0. The lowest BCUT2D eigenvalue weighted by Crippen LogP contribution is -2.41. The van der Waals surface area contributed by atoms with Gasteiger partial charge in [0.15, 0.2) is 11.6 Å². The molecule has 11 heteroatoms. The summed E-state index contributed by atoms with van der Waals surface area (Å²) in [6.07, 6.45) is 0.427. The van der Waals surface area contributed by atoms with E-state index in [0.29, 0.717) is 12.0 Å². The van der Waals surface area contributed by atoms with E-state index in [2.05, 4.69) is 10.6 Å². The van der Waals surface area contributed by atoms with E-state index < -0.39 is 39.5 Å². The number of likely N-dealkylation sites (N-methyl/N-ethyl adjacent to an activating group) is 1. The molecule has 1 aliphatic heterocycles. The molecule has 1 unspecified atom stereocenters. The minimum atomic E-state index is -3.87. The Morgan fingerprint density at radius 2 is 1.79 bits per heavy atom. The van der Waals surface area contributed by atoms with Gasteiger partial charge in [-0.1, -0.05) is 19.1 Å². The Kier molecular flexibility index (Phi) is 7.77. The summed E-state index contributed by atoms with van der Waals surface area (Å²) in [4.78, 5) is 25.3. The Morgan fingerprint density at radius 3 is 2.39 bits per heavy atom. The maximum atomic E-state index is 13.7. The highest BCUT2D eigenvalue weighted by Gasteiger charge is 2.30. The molecule has 178 valence electrons. The highest BCUT2D eigenvalue weighted by molar-refractivity contribution is 7.89. The summed E-state index contributed by atoms with van der Waals surface area (Å²) in [7, 11) is -2.53. The van der Waals surface area contributed by atoms with Crippen LogP contribution in [-0.4, -0.2) is 57.9 Å². The summed E-state index contributed by atoms with van der Waals surface area (Å²) in [5.74, 6) is -3.65. The number of carbonyl (C=O) groups is 2. The number of carbonyl (C=O) groups excluding carboxylic acids is 2. The molecule has 0 aliphatic carbocycles. The first-order valence-corrected chi connectivity index (χ1v) is 11.8. The van der Waals surface area contributed by atoms with Crippen molar-refractivity contribution >= 4 is 21.8 Å². The molecule has 2 N–H and O–H groups in total. The Labute approximate surface area is 191 Å². The molecule has 1 heterocycles. The van der Waals surface area contributed by atoms with Gasteiger partial charge in [-0.3, -0.25) is 9.59 Å². The van der Waals surface area contributed by atoms with Crippen LogP contribution < -0.4 is 10.6 Å². The number of hydrogen-bond acceptors (Lipinski definition) is 5. The summed E-state index contributed by atoms with van der Waals surface area (Å²) in [6, 6.07) is 5.83. The third-order valence-corrected chi connectivity index (χ3v) is 7.34. The standard InChI is InChI=1S/C22H25F2N3O5S/c1-3-14-4-5-16(13-19(14)33(30,31)27-8-10-32-11-9-27)21(28)26-20(22(29)25-2)15-6-7-17(23)18(24)12-15/h4-7,12-13,20H,3,8-11H2,1-2H3,(H,25,29)(H,26,28). The maximum absolute atomic E-state index is 13.7. The van der Waals surface area contributed by atoms with Crippen LogP contribution in [0.1, 0.15) is 34.5 Å². The summed E-state index contributed by atoms with van der Waals surface area (Å²) < 4.78 is 60.0. The van der Waals surface area contributed by atoms with E-state index in [1.54, 1.807) is 13.0 Å². The normalized spacial score (nSPS) is 15.6. The van der Waals surface area contributed by atoms with Gasteiger partial charge < -0.3 is 15.4 Å². The van der Waals surface area contributed by atoms with E-state index in [4.69, 9.17) is 4.74 Å². The molecule has 0 aromatic heterocycles. The number of sulfonamides is 1. The van der Waals surface area contributed by atoms with E-state index in [9.17, 15) is 26.8 Å². The second kappa shape index (κ2) is 10.4. The molecule has 0 radical (unpaired) electrons. The van der Waals surface area contributed by atoms with Crippen molar-refractivity contribution < 1.29 is 31.5 Å². The fraction of sp³-hybridized carbons (Fsp3) is 0.364. The number of amides is 2. The van der Waals surface area contributed by atoms with Crippen molar-refractivity contribution in [1.82, 2.24) is 14.9 Å². The lowest BCUT2D eigenvalue weighted by Gasteiger charge is -2.27. The van der Waals surface area contributed by atoms with Gasteiger partial charge >= 0.3 is 0 Å². The number of hydrogen-bond donors (Lipinski definition) is 2. The van der Waals surface area contributed by atoms with Crippen LogP contribution in [-0.2, 0) is 26.0 Å². The summed E-state index contributed by atoms with van der Waals surface area (Å²) in [6.45, 7) is 2.78. The van der Waals surface area contributed by atoms with Crippen LogP contribution in [0.4, 0.5) is 8.78 Å². The zero-order chi connectivity index (χ0) is 24.2. The van der Waals surface area contributed by atoms with E-state index in [1.165, 1.54) is 29.6 Å². The summed E-state index contributed by atoms with van der Waals surface area (Å²) in [5, 5.41) is 4.84. The van der Waals surface area contributed by atoms with E-state index in [0.717, 1.165) is 12.1 Å². The van der Waals surface area contributed by atoms with Gasteiger partial charge in [0, 0.05) is 25.7 Å². The van der Waals surface area contributed by atoms with Crippen molar-refractivity contribution in [2.45, 2.75) is 24.3 Å². The van der Waals surface area contributed by atoms with E-state index >= 15 is 0 Å². The first kappa shape index (κ1) is 24.7. The number of aryl methyl sites for hydroxylation is 1. The average Bonchev–Trinajstić information content (AvgIpc) is 2.83. The molecule has 2 amide bonds. The second-order valence-corrected chi connectivity index (χ2v) is 9.29. The third kappa shape index (κ3) is 5.37. The Balaban J connectivity index is 1.94. The number of nitrogens with one attached hydrogen (secondary N) is 2. The monoisotopic (exact) mass is 481 g/mol. The molecule has 1 fully saturated rings. The minimum Gasteiger partial charge on any atom is -0.379 e. The van der Waals surface area contributed by atoms with Crippen LogP contribution in [0.25, 0.3) is 0 Å². The quantitative estimate of drug-likeness (QED) is 0.627. The van der Waals surface area contributed by atoms with Gasteiger partial charge in [0.25, 0.3) is 5.91 Å². The average molecular weight is 482 g/mol. The largest absolute Gasteiger partial charge is 0.379 e. The van der Waals surface area contributed by atoms with Gasteiger partial charge in [0.05, 0.1) is 18.1 Å². The first-order valence-electron chi connectivity index (χ1n) is 10.4. The zero-order valence-corrected chi connectivity index (χ0v) is 19.0. The number of ether oxygens (including phenoxy) is 1. The molecular formula is C22H25F2N3O5S. The van der Waals surface area contributed by atoms with Crippen LogP contribution >= 0.6 is 0 Å². The summed E-state index contributed by atoms with van der Waals surface area (Å²) >= 11 is 0. The van der Waals surface area contributed by atoms with Crippen molar-refractivity contribution in [3.05, 3.63) is 64.7 Å².